The van der Waals surface area contributed by atoms with Gasteiger partial charge in [0.05, 0.1) is 6.04 Å². The summed E-state index contributed by atoms with van der Waals surface area (Å²) in [6, 6.07) is 17.0. The van der Waals surface area contributed by atoms with E-state index in [1.54, 1.807) is 23.9 Å². The zero-order chi connectivity index (χ0) is 39.9. The zero-order valence-corrected chi connectivity index (χ0v) is 32.5. The summed E-state index contributed by atoms with van der Waals surface area (Å²) in [6.45, 7) is 1.04. The third-order valence-electron chi connectivity index (χ3n) is 11.6. The topological polar surface area (TPSA) is 174 Å². The summed E-state index contributed by atoms with van der Waals surface area (Å²) >= 11 is 0. The summed E-state index contributed by atoms with van der Waals surface area (Å²) in [6.07, 6.45) is 22.5. The fraction of sp³-hybridized carbons (Fsp3) is 0.455. The monoisotopic (exact) mass is 760 g/mol. The van der Waals surface area contributed by atoms with Crippen molar-refractivity contribution in [1.82, 2.24) is 20.4 Å². The highest BCUT2D eigenvalue weighted by molar-refractivity contribution is 5.91. The Hall–Kier alpha value is -5.45. The number of rotatable bonds is 11. The predicted molar refractivity (Wildman–Crippen MR) is 219 cm³/mol. The van der Waals surface area contributed by atoms with Gasteiger partial charge in [-0.05, 0) is 78.9 Å². The third kappa shape index (κ3) is 11.1. The molecule has 2 fully saturated rings. The van der Waals surface area contributed by atoms with Crippen LogP contribution in [0, 0.1) is 23.7 Å². The van der Waals surface area contributed by atoms with Gasteiger partial charge in [-0.15, -0.1) is 0 Å². The molecule has 4 N–H and O–H groups in total. The number of nitrogens with zero attached hydrogens (tertiary/aromatic N) is 5. The van der Waals surface area contributed by atoms with E-state index in [0.29, 0.717) is 56.5 Å². The van der Waals surface area contributed by atoms with Crippen molar-refractivity contribution in [2.45, 2.75) is 75.5 Å². The second-order valence-electron chi connectivity index (χ2n) is 15.0. The number of nitrogens with one attached hydrogen (secondary N) is 2. The molecular weight excluding hydrogens is 705 g/mol. The molecule has 2 aliphatic heterocycles. The third-order valence-corrected chi connectivity index (χ3v) is 11.6. The number of amides is 4. The number of nitrogens with two attached hydrogens (primary N) is 1. The molecule has 2 heterocycles. The van der Waals surface area contributed by atoms with Gasteiger partial charge >= 0.3 is 0 Å². The van der Waals surface area contributed by atoms with E-state index in [-0.39, 0.29) is 29.5 Å². The van der Waals surface area contributed by atoms with Crippen molar-refractivity contribution in [3.63, 3.8) is 0 Å². The molecule has 0 saturated carbocycles. The van der Waals surface area contributed by atoms with Crippen LogP contribution in [-0.2, 0) is 32.0 Å². The first kappa shape index (κ1) is 41.7. The van der Waals surface area contributed by atoms with Crippen molar-refractivity contribution >= 4 is 23.6 Å². The maximum Gasteiger partial charge on any atom is 0.242 e. The number of allylic oxidation sites excluding steroid dienone is 8. The minimum atomic E-state index is -0.783. The molecule has 296 valence electrons. The molecule has 2 aliphatic carbocycles. The smallest absolute Gasteiger partial charge is 0.242 e. The Morgan fingerprint density at radius 1 is 0.750 bits per heavy atom. The molecular formula is C44H56N8O4. The van der Waals surface area contributed by atoms with Gasteiger partial charge in [-0.1, -0.05) is 114 Å². The zero-order valence-electron chi connectivity index (χ0n) is 32.5. The number of benzene rings is 2. The van der Waals surface area contributed by atoms with Crippen LogP contribution in [0.3, 0.4) is 0 Å². The van der Waals surface area contributed by atoms with E-state index in [1.165, 1.54) is 0 Å². The van der Waals surface area contributed by atoms with Crippen LogP contribution in [0.5, 0.6) is 0 Å². The maximum absolute atomic E-state index is 13.3. The first-order valence-corrected chi connectivity index (χ1v) is 19.8. The molecule has 0 spiro atoms. The normalized spacial score (nSPS) is 25.8. The second-order valence-corrected chi connectivity index (χ2v) is 15.0. The van der Waals surface area contributed by atoms with Gasteiger partial charge < -0.3 is 26.2 Å². The number of carbonyl (C=O) groups excluding carboxylic acids is 4. The Kier molecular flexibility index (Phi) is 15.7. The van der Waals surface area contributed by atoms with Crippen LogP contribution in [0.15, 0.2) is 114 Å². The van der Waals surface area contributed by atoms with E-state index in [1.807, 2.05) is 72.8 Å². The maximum atomic E-state index is 13.3. The van der Waals surface area contributed by atoms with E-state index >= 15 is 0 Å². The second kappa shape index (κ2) is 21.0. The fourth-order valence-electron chi connectivity index (χ4n) is 8.44. The van der Waals surface area contributed by atoms with Gasteiger partial charge in [0.1, 0.15) is 18.1 Å². The first-order valence-electron chi connectivity index (χ1n) is 19.8. The Morgan fingerprint density at radius 3 is 1.64 bits per heavy atom. The van der Waals surface area contributed by atoms with Crippen molar-refractivity contribution in [2.75, 3.05) is 27.2 Å². The van der Waals surface area contributed by atoms with E-state index in [4.69, 9.17) is 11.3 Å². The molecule has 8 atom stereocenters. The number of hydrogen-bond donors (Lipinski definition) is 3. The molecule has 12 nitrogen and oxygen atoms in total. The van der Waals surface area contributed by atoms with Gasteiger partial charge in [-0.3, -0.25) is 19.2 Å². The number of azide groups is 1. The fourth-order valence-corrected chi connectivity index (χ4v) is 8.44. The minimum Gasteiger partial charge on any atom is -0.357 e. The molecule has 4 aliphatic rings. The van der Waals surface area contributed by atoms with Crippen molar-refractivity contribution in [1.29, 1.82) is 0 Å². The Balaban J connectivity index is 0.000000215. The molecule has 56 heavy (non-hydrogen) atoms. The van der Waals surface area contributed by atoms with E-state index in [9.17, 15) is 19.2 Å². The largest absolute Gasteiger partial charge is 0.357 e. The van der Waals surface area contributed by atoms with E-state index in [2.05, 4.69) is 57.1 Å². The standard InChI is InChI=1S/C22H27N5O2.C22H29N3O2/c1-24-21(28)20(14-16-8-4-2-5-9-16)27-13-12-18(17-10-6-3-7-11-17)15-19(22(27)29)25-26-23;1-24-21(26)20(14-16-8-4-2-5-9-16)25-13-12-18(15-19(23)22(25)27)17-10-6-3-7-11-17/h2-10,17-20H,11-15H2,1H3,(H,24,28);2-10,17-20H,11-15,23H2,1H3,(H,24,26)/t17?,18-,19?,20+;17?,18-,19+,20+/m11/s1. The summed E-state index contributed by atoms with van der Waals surface area (Å²) in [5, 5.41) is 9.22. The average molecular weight is 761 g/mol. The average Bonchev–Trinajstić information content (AvgIpc) is 3.50. The number of likely N-dealkylation sites (N-methyl/N-ethyl adjacent to an activating group) is 2. The summed E-state index contributed by atoms with van der Waals surface area (Å²) in [7, 11) is 3.19. The van der Waals surface area contributed by atoms with Gasteiger partial charge in [0.15, 0.2) is 0 Å². The molecule has 12 heteroatoms. The molecule has 6 rings (SSSR count). The number of likely N-dealkylation sites (tertiary alicyclic amines) is 2. The van der Waals surface area contributed by atoms with Crippen LogP contribution in [0.4, 0.5) is 0 Å². The van der Waals surface area contributed by atoms with Crippen molar-refractivity contribution < 1.29 is 19.2 Å². The van der Waals surface area contributed by atoms with Crippen molar-refractivity contribution in [3.05, 3.63) is 131 Å². The lowest BCUT2D eigenvalue weighted by atomic mass is 9.81. The van der Waals surface area contributed by atoms with Crippen molar-refractivity contribution in [3.8, 4) is 0 Å². The Labute approximate surface area is 330 Å². The molecule has 0 radical (unpaired) electrons. The van der Waals surface area contributed by atoms with Gasteiger partial charge in [-0.25, -0.2) is 0 Å². The molecule has 0 bridgehead atoms. The summed E-state index contributed by atoms with van der Waals surface area (Å²) in [4.78, 5) is 57.8. The van der Waals surface area contributed by atoms with Crippen LogP contribution in [-0.4, -0.2) is 84.8 Å². The Bertz CT molecular complexity index is 1810. The molecule has 2 aromatic carbocycles. The molecule has 0 aromatic heterocycles. The Morgan fingerprint density at radius 2 is 1.21 bits per heavy atom. The van der Waals surface area contributed by atoms with Gasteiger partial charge in [-0.2, -0.15) is 0 Å². The summed E-state index contributed by atoms with van der Waals surface area (Å²) < 4.78 is 0. The molecule has 2 saturated heterocycles. The summed E-state index contributed by atoms with van der Waals surface area (Å²) in [5.74, 6) is 0.597. The van der Waals surface area contributed by atoms with Crippen LogP contribution in [0.1, 0.15) is 49.7 Å². The highest BCUT2D eigenvalue weighted by Gasteiger charge is 2.39. The van der Waals surface area contributed by atoms with Crippen LogP contribution in [0.25, 0.3) is 10.4 Å². The molecule has 2 aromatic rings. The molecule has 4 amide bonds. The van der Waals surface area contributed by atoms with Gasteiger partial charge in [0.2, 0.25) is 23.6 Å². The summed E-state index contributed by atoms with van der Waals surface area (Å²) in [5.41, 5.74) is 17.3. The lowest BCUT2D eigenvalue weighted by Gasteiger charge is -2.31. The van der Waals surface area contributed by atoms with Gasteiger partial charge in [0.25, 0.3) is 0 Å². The lowest BCUT2D eigenvalue weighted by Crippen LogP contribution is -2.53. The van der Waals surface area contributed by atoms with Crippen LogP contribution < -0.4 is 16.4 Å². The van der Waals surface area contributed by atoms with Crippen LogP contribution in [0.2, 0.25) is 0 Å². The lowest BCUT2D eigenvalue weighted by molar-refractivity contribution is -0.140. The van der Waals surface area contributed by atoms with E-state index in [0.717, 1.165) is 36.8 Å². The highest BCUT2D eigenvalue weighted by atomic mass is 16.2. The van der Waals surface area contributed by atoms with Crippen molar-refractivity contribution in [2.24, 2.45) is 34.5 Å². The van der Waals surface area contributed by atoms with Gasteiger partial charge in [0, 0.05) is 44.9 Å². The number of carbonyl (C=O) groups is 4. The minimum absolute atomic E-state index is 0.114. The molecule has 3 unspecified atom stereocenters. The SMILES string of the molecule is CNC(=O)[C@H](Cc1ccccc1)N1CC[C@@H](C2C=CC=CC2)CC(N=[N+]=[N-])C1=O.CNC(=O)[C@H](Cc1ccccc1)N1CC[C@@H](C2C=CC=CC2)C[C@H](N)C1=O. The first-order chi connectivity index (χ1) is 27.2. The quantitative estimate of drug-likeness (QED) is 0.157. The van der Waals surface area contributed by atoms with Crippen LogP contribution >= 0.6 is 0 Å². The predicted octanol–water partition coefficient (Wildman–Crippen LogP) is 5.44. The highest BCUT2D eigenvalue weighted by Crippen LogP contribution is 2.34. The number of hydrogen-bond acceptors (Lipinski definition) is 6. The van der Waals surface area contributed by atoms with E-state index < -0.39 is 24.2 Å².